The van der Waals surface area contributed by atoms with Crippen molar-refractivity contribution in [2.24, 2.45) is 0 Å². The molecule has 0 saturated heterocycles. The molecule has 4 heterocycles. The minimum absolute atomic E-state index is 0.271. The van der Waals surface area contributed by atoms with Crippen molar-refractivity contribution in [3.8, 4) is 11.1 Å². The van der Waals surface area contributed by atoms with Crippen molar-refractivity contribution in [2.45, 2.75) is 12.1 Å². The molecule has 0 saturated carbocycles. The molecule has 188 valence electrons. The van der Waals surface area contributed by atoms with E-state index in [2.05, 4.69) is 130 Å². The minimum atomic E-state index is 0.271. The Morgan fingerprint density at radius 2 is 1.57 bits per heavy atom. The van der Waals surface area contributed by atoms with E-state index in [9.17, 15) is 0 Å². The number of nitrogens with two attached hydrogens (primary N) is 1. The summed E-state index contributed by atoms with van der Waals surface area (Å²) in [6, 6.07) is 33.6. The maximum atomic E-state index is 6.67. The Balaban J connectivity index is 1.25. The summed E-state index contributed by atoms with van der Waals surface area (Å²) < 4.78 is 9.09. The number of benzene rings is 5. The fraction of sp³-hybridized carbons (Fsp3) is 0.0556. The molecule has 2 aliphatic rings. The van der Waals surface area contributed by atoms with Crippen molar-refractivity contribution in [1.29, 1.82) is 0 Å². The van der Waals surface area contributed by atoms with E-state index in [4.69, 9.17) is 4.42 Å². The average molecular weight is 515 g/mol. The van der Waals surface area contributed by atoms with Crippen LogP contribution in [0.4, 0.5) is 11.5 Å². The normalized spacial score (nSPS) is 18.4. The fourth-order valence-electron chi connectivity index (χ4n) is 7.31. The second-order valence-electron chi connectivity index (χ2n) is 11.2. The van der Waals surface area contributed by atoms with Crippen molar-refractivity contribution in [3.63, 3.8) is 0 Å². The Morgan fingerprint density at radius 3 is 2.58 bits per heavy atom. The standard InChI is InChI=1S/C36H23N3O/c1-2-9-22-20(7-1)8-5-10-23(22)21-15-18-31-27(19-21)24-16-17-30-32(35(24)40-31)25-11-6-12-26-33-36(39(30)34(25)26)38-29-14-4-3-13-28(29)37-33/h1-19,28-29,37-38H/p+1. The number of para-hydroxylation sites is 1. The summed E-state index contributed by atoms with van der Waals surface area (Å²) in [4.78, 5) is 0. The molecule has 1 aliphatic carbocycles. The third-order valence-corrected chi connectivity index (χ3v) is 9.10. The lowest BCUT2D eigenvalue weighted by molar-refractivity contribution is -0.600. The smallest absolute Gasteiger partial charge is 0.181 e. The van der Waals surface area contributed by atoms with Gasteiger partial charge in [0, 0.05) is 16.2 Å². The molecule has 1 aliphatic heterocycles. The molecule has 3 aromatic heterocycles. The largest absolute Gasteiger partial charge is 0.455 e. The van der Waals surface area contributed by atoms with Crippen LogP contribution >= 0.6 is 0 Å². The van der Waals surface area contributed by atoms with Crippen molar-refractivity contribution in [1.82, 2.24) is 4.40 Å². The van der Waals surface area contributed by atoms with Gasteiger partial charge in [-0.25, -0.2) is 0 Å². The van der Waals surface area contributed by atoms with Crippen LogP contribution in [0.15, 0.2) is 120 Å². The van der Waals surface area contributed by atoms with E-state index in [1.54, 1.807) is 0 Å². The number of allylic oxidation sites excluding steroid dienone is 2. The van der Waals surface area contributed by atoms with Gasteiger partial charge in [-0.05, 0) is 58.3 Å². The molecular weight excluding hydrogens is 490 g/mol. The molecule has 0 spiro atoms. The van der Waals surface area contributed by atoms with E-state index in [-0.39, 0.29) is 6.04 Å². The number of aromatic nitrogens is 1. The van der Waals surface area contributed by atoms with Crippen molar-refractivity contribution >= 4 is 71.4 Å². The molecule has 0 radical (unpaired) electrons. The number of fused-ring (bicyclic) bond motifs is 12. The molecule has 3 N–H and O–H groups in total. The van der Waals surface area contributed by atoms with Gasteiger partial charge in [-0.1, -0.05) is 78.9 Å². The van der Waals surface area contributed by atoms with Gasteiger partial charge in [0.2, 0.25) is 0 Å². The zero-order chi connectivity index (χ0) is 25.9. The summed E-state index contributed by atoms with van der Waals surface area (Å²) in [5.41, 5.74) is 8.09. The molecule has 4 heteroatoms. The topological polar surface area (TPSA) is 46.2 Å². The highest BCUT2D eigenvalue weighted by atomic mass is 16.3. The number of nitrogens with zero attached hydrogens (tertiary/aromatic N) is 1. The van der Waals surface area contributed by atoms with Crippen LogP contribution in [0.1, 0.15) is 0 Å². The van der Waals surface area contributed by atoms with Crippen molar-refractivity contribution in [2.75, 3.05) is 5.32 Å². The van der Waals surface area contributed by atoms with Gasteiger partial charge in [-0.3, -0.25) is 4.40 Å². The van der Waals surface area contributed by atoms with Crippen LogP contribution in [-0.2, 0) is 0 Å². The van der Waals surface area contributed by atoms with Crippen molar-refractivity contribution in [3.05, 3.63) is 115 Å². The molecule has 5 aromatic carbocycles. The van der Waals surface area contributed by atoms with E-state index >= 15 is 0 Å². The van der Waals surface area contributed by atoms with Gasteiger partial charge < -0.3 is 15.1 Å². The summed E-state index contributed by atoms with van der Waals surface area (Å²) in [6.07, 6.45) is 8.85. The molecule has 0 fully saturated rings. The third kappa shape index (κ3) is 2.54. The first kappa shape index (κ1) is 20.8. The summed E-state index contributed by atoms with van der Waals surface area (Å²) in [6.45, 7) is 0. The van der Waals surface area contributed by atoms with E-state index in [1.165, 1.54) is 60.6 Å². The van der Waals surface area contributed by atoms with Crippen LogP contribution in [0.25, 0.3) is 71.0 Å². The Hall–Kier alpha value is -5.06. The SMILES string of the molecule is C1=CC2Nc3c(c4cccc5c6c7oc8ccc(-c9cccc%10ccccc9%10)cc8c7ccc6n3c45)[NH2+]C2C=C1. The predicted octanol–water partition coefficient (Wildman–Crippen LogP) is 7.89. The van der Waals surface area contributed by atoms with Crippen LogP contribution in [-0.4, -0.2) is 16.5 Å². The highest BCUT2D eigenvalue weighted by Crippen LogP contribution is 2.46. The summed E-state index contributed by atoms with van der Waals surface area (Å²) in [7, 11) is 0. The number of nitrogens with one attached hydrogen (secondary N) is 1. The highest BCUT2D eigenvalue weighted by Gasteiger charge is 2.35. The summed E-state index contributed by atoms with van der Waals surface area (Å²) in [5.74, 6) is 1.18. The highest BCUT2D eigenvalue weighted by molar-refractivity contribution is 6.27. The molecule has 40 heavy (non-hydrogen) atoms. The first-order valence-corrected chi connectivity index (χ1v) is 14.0. The first-order valence-electron chi connectivity index (χ1n) is 14.0. The monoisotopic (exact) mass is 514 g/mol. The third-order valence-electron chi connectivity index (χ3n) is 9.10. The maximum absolute atomic E-state index is 6.67. The number of anilines is 1. The number of hydrogen-bond acceptors (Lipinski definition) is 2. The molecule has 2 unspecified atom stereocenters. The molecule has 0 amide bonds. The Kier molecular flexibility index (Phi) is 3.81. The van der Waals surface area contributed by atoms with E-state index in [1.807, 2.05) is 0 Å². The lowest BCUT2D eigenvalue weighted by Crippen LogP contribution is -2.89. The zero-order valence-corrected chi connectivity index (χ0v) is 21.6. The average Bonchev–Trinajstić information content (AvgIpc) is 3.66. The second-order valence-corrected chi connectivity index (χ2v) is 11.2. The minimum Gasteiger partial charge on any atom is -0.455 e. The quantitative estimate of drug-likeness (QED) is 0.234. The Bertz CT molecular complexity index is 2400. The lowest BCUT2D eigenvalue weighted by atomic mass is 9.97. The maximum Gasteiger partial charge on any atom is 0.181 e. The fourth-order valence-corrected chi connectivity index (χ4v) is 7.31. The molecule has 0 bridgehead atoms. The molecule has 4 nitrogen and oxygen atoms in total. The second kappa shape index (κ2) is 7.32. The van der Waals surface area contributed by atoms with Gasteiger partial charge in [-0.15, -0.1) is 0 Å². The van der Waals surface area contributed by atoms with Gasteiger partial charge in [0.05, 0.1) is 21.8 Å². The van der Waals surface area contributed by atoms with E-state index in [0.717, 1.165) is 21.9 Å². The van der Waals surface area contributed by atoms with Crippen LogP contribution in [0.2, 0.25) is 0 Å². The molecule has 2 atom stereocenters. The zero-order valence-electron chi connectivity index (χ0n) is 21.6. The van der Waals surface area contributed by atoms with Crippen LogP contribution in [0, 0.1) is 0 Å². The van der Waals surface area contributed by atoms with Crippen LogP contribution < -0.4 is 10.6 Å². The van der Waals surface area contributed by atoms with E-state index in [0.29, 0.717) is 6.04 Å². The number of hydrogen-bond donors (Lipinski definition) is 2. The predicted molar refractivity (Wildman–Crippen MR) is 165 cm³/mol. The van der Waals surface area contributed by atoms with Crippen LogP contribution in [0.3, 0.4) is 0 Å². The molecule has 10 rings (SSSR count). The number of rotatable bonds is 1. The van der Waals surface area contributed by atoms with Crippen molar-refractivity contribution < 1.29 is 9.73 Å². The van der Waals surface area contributed by atoms with E-state index < -0.39 is 0 Å². The molecule has 8 aromatic rings. The van der Waals surface area contributed by atoms with Crippen LogP contribution in [0.5, 0.6) is 0 Å². The van der Waals surface area contributed by atoms with Gasteiger partial charge in [0.15, 0.2) is 11.5 Å². The van der Waals surface area contributed by atoms with Gasteiger partial charge in [0.1, 0.15) is 23.2 Å². The van der Waals surface area contributed by atoms with Gasteiger partial charge >= 0.3 is 0 Å². The number of furan rings is 1. The van der Waals surface area contributed by atoms with Gasteiger partial charge in [-0.2, -0.15) is 0 Å². The Labute approximate surface area is 229 Å². The lowest BCUT2D eigenvalue weighted by Gasteiger charge is -2.28. The molecular formula is C36H24N3O+. The number of quaternary nitrogens is 1. The van der Waals surface area contributed by atoms with Gasteiger partial charge in [0.25, 0.3) is 0 Å². The Morgan fingerprint density at radius 1 is 0.725 bits per heavy atom. The summed E-state index contributed by atoms with van der Waals surface area (Å²) >= 11 is 0. The first-order chi connectivity index (χ1) is 19.8. The summed E-state index contributed by atoms with van der Waals surface area (Å²) in [5, 5.41) is 14.8.